The van der Waals surface area contributed by atoms with Crippen LogP contribution in [0.5, 0.6) is 5.88 Å². The Bertz CT molecular complexity index is 1470. The highest BCUT2D eigenvalue weighted by Crippen LogP contribution is 2.28. The number of aryl methyl sites for hydroxylation is 4. The van der Waals surface area contributed by atoms with E-state index in [1.165, 1.54) is 0 Å². The first-order chi connectivity index (χ1) is 16.5. The molecule has 0 fully saturated rings. The van der Waals surface area contributed by atoms with E-state index in [-0.39, 0.29) is 12.2 Å². The zero-order valence-electron chi connectivity index (χ0n) is 21.0. The van der Waals surface area contributed by atoms with Crippen LogP contribution in [0.1, 0.15) is 52.9 Å². The predicted molar refractivity (Wildman–Crippen MR) is 136 cm³/mol. The second kappa shape index (κ2) is 9.31. The summed E-state index contributed by atoms with van der Waals surface area (Å²) in [6.45, 7) is 12.9. The van der Waals surface area contributed by atoms with Gasteiger partial charge < -0.3 is 9.84 Å². The fourth-order valence-electron chi connectivity index (χ4n) is 3.75. The van der Waals surface area contributed by atoms with E-state index in [1.54, 1.807) is 49.8 Å². The molecule has 35 heavy (non-hydrogen) atoms. The lowest BCUT2D eigenvalue weighted by molar-refractivity contribution is 0.0688. The van der Waals surface area contributed by atoms with Crippen LogP contribution in [0, 0.1) is 34.6 Å². The summed E-state index contributed by atoms with van der Waals surface area (Å²) < 4.78 is 7.45. The molecule has 9 heteroatoms. The average Bonchev–Trinajstić information content (AvgIpc) is 3.21. The molecule has 1 N–H and O–H groups in total. The van der Waals surface area contributed by atoms with Crippen LogP contribution in [-0.2, 0) is 12.2 Å². The minimum Gasteiger partial charge on any atom is -0.471 e. The van der Waals surface area contributed by atoms with Gasteiger partial charge in [-0.15, -0.1) is 11.3 Å². The first-order valence-electron chi connectivity index (χ1n) is 11.3. The lowest BCUT2D eigenvalue weighted by Crippen LogP contribution is -2.26. The predicted octanol–water partition coefficient (Wildman–Crippen LogP) is 4.49. The van der Waals surface area contributed by atoms with Gasteiger partial charge in [0, 0.05) is 17.1 Å². The van der Waals surface area contributed by atoms with Crippen molar-refractivity contribution < 1.29 is 9.84 Å². The van der Waals surface area contributed by atoms with Crippen LogP contribution in [0.2, 0.25) is 0 Å². The minimum absolute atomic E-state index is 0.196. The zero-order chi connectivity index (χ0) is 25.5. The van der Waals surface area contributed by atoms with Crippen molar-refractivity contribution >= 4 is 11.3 Å². The maximum atomic E-state index is 13.4. The summed E-state index contributed by atoms with van der Waals surface area (Å²) in [6, 6.07) is 5.83. The van der Waals surface area contributed by atoms with Crippen molar-refractivity contribution in [1.82, 2.24) is 24.5 Å². The second-order valence-electron chi connectivity index (χ2n) is 9.16. The summed E-state index contributed by atoms with van der Waals surface area (Å²) in [6.07, 6.45) is 1.70. The van der Waals surface area contributed by atoms with Crippen molar-refractivity contribution in [3.63, 3.8) is 0 Å². The SMILES string of the molecule is Cc1nc(COc2nc(C)n(-c3cc(-c4nc(C(C)(C)O)ncc4C)ccc3C)c(=O)c2C)cs1. The third kappa shape index (κ3) is 5.01. The van der Waals surface area contributed by atoms with Crippen LogP contribution in [0.25, 0.3) is 16.9 Å². The van der Waals surface area contributed by atoms with E-state index in [0.717, 1.165) is 27.4 Å². The first-order valence-corrected chi connectivity index (χ1v) is 12.2. The summed E-state index contributed by atoms with van der Waals surface area (Å²) in [5.74, 6) is 1.16. The van der Waals surface area contributed by atoms with Gasteiger partial charge in [-0.1, -0.05) is 12.1 Å². The number of thiazole rings is 1. The fraction of sp³-hybridized carbons (Fsp3) is 0.346. The Morgan fingerprint density at radius 1 is 1.06 bits per heavy atom. The molecular formula is C26H29N5O3S. The molecule has 0 saturated carbocycles. The molecule has 8 nitrogen and oxygen atoms in total. The molecule has 0 atom stereocenters. The summed E-state index contributed by atoms with van der Waals surface area (Å²) >= 11 is 1.55. The highest BCUT2D eigenvalue weighted by atomic mass is 32.1. The van der Waals surface area contributed by atoms with Crippen LogP contribution in [0.4, 0.5) is 0 Å². The Morgan fingerprint density at radius 3 is 2.46 bits per heavy atom. The summed E-state index contributed by atoms with van der Waals surface area (Å²) in [5, 5.41) is 13.3. The smallest absolute Gasteiger partial charge is 0.264 e. The number of ether oxygens (including phenoxy) is 1. The van der Waals surface area contributed by atoms with Crippen molar-refractivity contribution in [1.29, 1.82) is 0 Å². The van der Waals surface area contributed by atoms with Crippen molar-refractivity contribution in [2.45, 2.75) is 60.7 Å². The minimum atomic E-state index is -1.17. The van der Waals surface area contributed by atoms with Gasteiger partial charge in [-0.25, -0.2) is 15.0 Å². The van der Waals surface area contributed by atoms with Crippen molar-refractivity contribution in [2.75, 3.05) is 0 Å². The molecule has 0 saturated heterocycles. The molecule has 4 rings (SSSR count). The summed E-state index contributed by atoms with van der Waals surface area (Å²) in [4.78, 5) is 31.3. The normalized spacial score (nSPS) is 11.7. The number of aromatic nitrogens is 5. The molecule has 3 heterocycles. The molecule has 0 amide bonds. The van der Waals surface area contributed by atoms with Crippen LogP contribution in [0.3, 0.4) is 0 Å². The standard InChI is InChI=1S/C26H29N5O3S/c1-14-8-9-19(22-15(2)11-27-25(30-22)26(6,7)33)10-21(14)31-17(4)28-23(16(3)24(31)32)34-12-20-13-35-18(5)29-20/h8-11,13,33H,12H2,1-7H3. The fourth-order valence-corrected chi connectivity index (χ4v) is 4.35. The number of benzene rings is 1. The highest BCUT2D eigenvalue weighted by molar-refractivity contribution is 7.09. The maximum Gasteiger partial charge on any atom is 0.264 e. The third-order valence-corrected chi connectivity index (χ3v) is 6.52. The number of rotatable bonds is 6. The van der Waals surface area contributed by atoms with E-state index in [9.17, 15) is 9.90 Å². The zero-order valence-corrected chi connectivity index (χ0v) is 21.8. The van der Waals surface area contributed by atoms with Gasteiger partial charge in [0.2, 0.25) is 5.88 Å². The van der Waals surface area contributed by atoms with Gasteiger partial charge in [0.05, 0.1) is 27.6 Å². The van der Waals surface area contributed by atoms with E-state index in [1.807, 2.05) is 44.4 Å². The quantitative estimate of drug-likeness (QED) is 0.424. The highest BCUT2D eigenvalue weighted by Gasteiger charge is 2.22. The molecule has 0 radical (unpaired) electrons. The molecule has 0 unspecified atom stereocenters. The number of hydrogen-bond donors (Lipinski definition) is 1. The Hall–Kier alpha value is -3.43. The van der Waals surface area contributed by atoms with Gasteiger partial charge in [0.15, 0.2) is 5.82 Å². The molecule has 0 spiro atoms. The molecule has 0 aliphatic heterocycles. The van der Waals surface area contributed by atoms with Crippen molar-refractivity contribution in [2.24, 2.45) is 0 Å². The van der Waals surface area contributed by atoms with Crippen LogP contribution >= 0.6 is 11.3 Å². The molecule has 182 valence electrons. The molecular weight excluding hydrogens is 462 g/mol. The molecule has 3 aromatic heterocycles. The lowest BCUT2D eigenvalue weighted by Gasteiger charge is -2.19. The van der Waals surface area contributed by atoms with Gasteiger partial charge in [-0.2, -0.15) is 4.98 Å². The Balaban J connectivity index is 1.76. The third-order valence-electron chi connectivity index (χ3n) is 5.70. The second-order valence-corrected chi connectivity index (χ2v) is 10.2. The van der Waals surface area contributed by atoms with Crippen LogP contribution < -0.4 is 10.3 Å². The van der Waals surface area contributed by atoms with E-state index in [4.69, 9.17) is 4.74 Å². The first kappa shape index (κ1) is 24.7. The number of hydrogen-bond acceptors (Lipinski definition) is 8. The average molecular weight is 492 g/mol. The molecule has 0 bridgehead atoms. The molecule has 0 aliphatic carbocycles. The van der Waals surface area contributed by atoms with Gasteiger partial charge in [-0.3, -0.25) is 9.36 Å². The number of nitrogens with zero attached hydrogens (tertiary/aromatic N) is 5. The molecule has 1 aromatic carbocycles. The Morgan fingerprint density at radius 2 is 1.80 bits per heavy atom. The Labute approximate surface area is 208 Å². The number of aliphatic hydroxyl groups is 1. The summed E-state index contributed by atoms with van der Waals surface area (Å²) in [7, 11) is 0. The topological polar surface area (TPSA) is 103 Å². The Kier molecular flexibility index (Phi) is 6.57. The van der Waals surface area contributed by atoms with Crippen LogP contribution in [0.15, 0.2) is 34.6 Å². The van der Waals surface area contributed by atoms with Crippen molar-refractivity contribution in [3.05, 3.63) is 79.2 Å². The molecule has 0 aliphatic rings. The van der Waals surface area contributed by atoms with E-state index in [0.29, 0.717) is 34.5 Å². The van der Waals surface area contributed by atoms with Crippen molar-refractivity contribution in [3.8, 4) is 22.8 Å². The maximum absolute atomic E-state index is 13.4. The lowest BCUT2D eigenvalue weighted by atomic mass is 10.0. The van der Waals surface area contributed by atoms with Gasteiger partial charge >= 0.3 is 0 Å². The largest absolute Gasteiger partial charge is 0.471 e. The van der Waals surface area contributed by atoms with E-state index >= 15 is 0 Å². The monoisotopic (exact) mass is 491 g/mol. The van der Waals surface area contributed by atoms with Gasteiger partial charge in [0.25, 0.3) is 5.56 Å². The van der Waals surface area contributed by atoms with E-state index in [2.05, 4.69) is 19.9 Å². The van der Waals surface area contributed by atoms with Crippen LogP contribution in [-0.4, -0.2) is 29.6 Å². The summed E-state index contributed by atoms with van der Waals surface area (Å²) in [5.41, 5.74) is 3.89. The van der Waals surface area contributed by atoms with Gasteiger partial charge in [-0.05, 0) is 65.7 Å². The van der Waals surface area contributed by atoms with E-state index < -0.39 is 5.60 Å². The molecule has 4 aromatic rings. The van der Waals surface area contributed by atoms with Gasteiger partial charge in [0.1, 0.15) is 18.0 Å².